The molecule has 1 aromatic carbocycles. The molecular formula is C13H18O2S. The fraction of sp³-hybridized carbons (Fsp3) is 0.538. The summed E-state index contributed by atoms with van der Waals surface area (Å²) in [4.78, 5) is 0. The van der Waals surface area contributed by atoms with Crippen LogP contribution in [0, 0.1) is 0 Å². The molecule has 0 spiro atoms. The van der Waals surface area contributed by atoms with Gasteiger partial charge in [0.05, 0.1) is 6.10 Å². The standard InChI is InChI=1S/C13H18O2S/c1-10(14)12-6-2-3-7-13(12)15-11-5-4-8-16-9-11/h2-3,6-7,10-11,14H,4-5,8-9H2,1H3. The van der Waals surface area contributed by atoms with Crippen LogP contribution in [0.25, 0.3) is 0 Å². The lowest BCUT2D eigenvalue weighted by atomic mass is 10.1. The Hall–Kier alpha value is -0.670. The zero-order valence-electron chi connectivity index (χ0n) is 9.56. The average molecular weight is 238 g/mol. The Balaban J connectivity index is 2.07. The summed E-state index contributed by atoms with van der Waals surface area (Å²) in [6, 6.07) is 7.76. The van der Waals surface area contributed by atoms with Gasteiger partial charge in [0, 0.05) is 11.3 Å². The van der Waals surface area contributed by atoms with E-state index in [2.05, 4.69) is 0 Å². The van der Waals surface area contributed by atoms with E-state index in [1.165, 1.54) is 12.2 Å². The van der Waals surface area contributed by atoms with E-state index < -0.39 is 6.10 Å². The van der Waals surface area contributed by atoms with E-state index in [-0.39, 0.29) is 0 Å². The molecule has 2 atom stereocenters. The summed E-state index contributed by atoms with van der Waals surface area (Å²) in [5.41, 5.74) is 0.887. The minimum Gasteiger partial charge on any atom is -0.489 e. The van der Waals surface area contributed by atoms with Gasteiger partial charge < -0.3 is 9.84 Å². The molecule has 1 fully saturated rings. The van der Waals surface area contributed by atoms with Gasteiger partial charge in [0.2, 0.25) is 0 Å². The highest BCUT2D eigenvalue weighted by Crippen LogP contribution is 2.28. The molecule has 2 rings (SSSR count). The molecule has 0 aromatic heterocycles. The number of hydrogen-bond donors (Lipinski definition) is 1. The number of aliphatic hydroxyl groups is 1. The average Bonchev–Trinajstić information content (AvgIpc) is 2.31. The second-order valence-corrected chi connectivity index (χ2v) is 5.32. The van der Waals surface area contributed by atoms with Crippen molar-refractivity contribution in [3.05, 3.63) is 29.8 Å². The molecule has 16 heavy (non-hydrogen) atoms. The highest BCUT2D eigenvalue weighted by atomic mass is 32.2. The summed E-state index contributed by atoms with van der Waals surface area (Å²) in [5.74, 6) is 3.15. The Morgan fingerprint density at radius 3 is 2.94 bits per heavy atom. The van der Waals surface area contributed by atoms with E-state index in [1.807, 2.05) is 36.0 Å². The quantitative estimate of drug-likeness (QED) is 0.877. The van der Waals surface area contributed by atoms with Crippen molar-refractivity contribution >= 4 is 11.8 Å². The smallest absolute Gasteiger partial charge is 0.125 e. The normalized spacial score (nSPS) is 22.8. The Labute approximate surface area is 101 Å². The lowest BCUT2D eigenvalue weighted by Crippen LogP contribution is -2.23. The summed E-state index contributed by atoms with van der Waals surface area (Å²) < 4.78 is 5.97. The van der Waals surface area contributed by atoms with Gasteiger partial charge >= 0.3 is 0 Å². The molecule has 2 nitrogen and oxygen atoms in total. The first-order valence-electron chi connectivity index (χ1n) is 5.79. The Morgan fingerprint density at radius 2 is 2.25 bits per heavy atom. The third kappa shape index (κ3) is 2.92. The van der Waals surface area contributed by atoms with Gasteiger partial charge in [-0.1, -0.05) is 18.2 Å². The topological polar surface area (TPSA) is 29.5 Å². The van der Waals surface area contributed by atoms with Gasteiger partial charge in [-0.3, -0.25) is 0 Å². The molecule has 0 amide bonds. The second-order valence-electron chi connectivity index (χ2n) is 4.17. The van der Waals surface area contributed by atoms with Crippen molar-refractivity contribution in [2.75, 3.05) is 11.5 Å². The summed E-state index contributed by atoms with van der Waals surface area (Å²) in [5, 5.41) is 9.65. The number of hydrogen-bond acceptors (Lipinski definition) is 3. The molecule has 0 aliphatic carbocycles. The highest BCUT2D eigenvalue weighted by Gasteiger charge is 2.17. The maximum absolute atomic E-state index is 9.65. The van der Waals surface area contributed by atoms with Crippen LogP contribution in [0.1, 0.15) is 31.4 Å². The van der Waals surface area contributed by atoms with E-state index in [4.69, 9.17) is 4.74 Å². The van der Waals surface area contributed by atoms with Crippen LogP contribution in [0.15, 0.2) is 24.3 Å². The van der Waals surface area contributed by atoms with Crippen molar-refractivity contribution in [2.45, 2.75) is 32.0 Å². The number of aliphatic hydroxyl groups excluding tert-OH is 1. The molecular weight excluding hydrogens is 220 g/mol. The van der Waals surface area contributed by atoms with Crippen LogP contribution in [0.4, 0.5) is 0 Å². The van der Waals surface area contributed by atoms with Gasteiger partial charge in [-0.25, -0.2) is 0 Å². The Morgan fingerprint density at radius 1 is 1.44 bits per heavy atom. The van der Waals surface area contributed by atoms with Crippen LogP contribution in [-0.4, -0.2) is 22.7 Å². The predicted molar refractivity (Wildman–Crippen MR) is 68.1 cm³/mol. The van der Waals surface area contributed by atoms with E-state index in [1.54, 1.807) is 6.92 Å². The van der Waals surface area contributed by atoms with Crippen LogP contribution in [-0.2, 0) is 0 Å². The second kappa shape index (κ2) is 5.60. The zero-order valence-corrected chi connectivity index (χ0v) is 10.4. The van der Waals surface area contributed by atoms with E-state index in [0.717, 1.165) is 23.5 Å². The maximum atomic E-state index is 9.65. The minimum absolute atomic E-state index is 0.304. The van der Waals surface area contributed by atoms with Crippen molar-refractivity contribution in [1.29, 1.82) is 0 Å². The van der Waals surface area contributed by atoms with Gasteiger partial charge in [-0.2, -0.15) is 11.8 Å². The van der Waals surface area contributed by atoms with Crippen molar-refractivity contribution < 1.29 is 9.84 Å². The fourth-order valence-electron chi connectivity index (χ4n) is 1.92. The third-order valence-corrected chi connectivity index (χ3v) is 3.97. The van der Waals surface area contributed by atoms with Gasteiger partial charge in [0.25, 0.3) is 0 Å². The lowest BCUT2D eigenvalue weighted by molar-refractivity contribution is 0.175. The Bertz CT molecular complexity index is 332. The Kier molecular flexibility index (Phi) is 4.13. The number of ether oxygens (including phenoxy) is 1. The monoisotopic (exact) mass is 238 g/mol. The molecule has 1 aliphatic rings. The molecule has 1 aliphatic heterocycles. The van der Waals surface area contributed by atoms with Crippen LogP contribution >= 0.6 is 11.8 Å². The van der Waals surface area contributed by atoms with Crippen molar-refractivity contribution in [3.63, 3.8) is 0 Å². The zero-order chi connectivity index (χ0) is 11.4. The van der Waals surface area contributed by atoms with Crippen LogP contribution in [0.2, 0.25) is 0 Å². The number of thioether (sulfide) groups is 1. The fourth-order valence-corrected chi connectivity index (χ4v) is 2.95. The molecule has 0 bridgehead atoms. The van der Waals surface area contributed by atoms with Gasteiger partial charge in [0.15, 0.2) is 0 Å². The van der Waals surface area contributed by atoms with Crippen molar-refractivity contribution in [3.8, 4) is 5.75 Å². The number of rotatable bonds is 3. The summed E-state index contributed by atoms with van der Waals surface area (Å²) in [7, 11) is 0. The van der Waals surface area contributed by atoms with E-state index >= 15 is 0 Å². The summed E-state index contributed by atoms with van der Waals surface area (Å²) in [6.07, 6.45) is 2.19. The van der Waals surface area contributed by atoms with Crippen LogP contribution in [0.3, 0.4) is 0 Å². The number of para-hydroxylation sites is 1. The first-order chi connectivity index (χ1) is 7.77. The van der Waals surface area contributed by atoms with Crippen molar-refractivity contribution in [2.24, 2.45) is 0 Å². The highest BCUT2D eigenvalue weighted by molar-refractivity contribution is 7.99. The predicted octanol–water partition coefficient (Wildman–Crippen LogP) is 3.01. The van der Waals surface area contributed by atoms with Crippen LogP contribution < -0.4 is 4.74 Å². The first kappa shape index (κ1) is 11.8. The molecule has 1 N–H and O–H groups in total. The van der Waals surface area contributed by atoms with E-state index in [9.17, 15) is 5.11 Å². The third-order valence-electron chi connectivity index (χ3n) is 2.78. The summed E-state index contributed by atoms with van der Waals surface area (Å²) in [6.45, 7) is 1.78. The molecule has 2 unspecified atom stereocenters. The van der Waals surface area contributed by atoms with Gasteiger partial charge in [-0.05, 0) is 31.6 Å². The van der Waals surface area contributed by atoms with Gasteiger partial charge in [-0.15, -0.1) is 0 Å². The van der Waals surface area contributed by atoms with Gasteiger partial charge in [0.1, 0.15) is 11.9 Å². The first-order valence-corrected chi connectivity index (χ1v) is 6.94. The molecule has 3 heteroatoms. The molecule has 1 heterocycles. The van der Waals surface area contributed by atoms with Crippen LogP contribution in [0.5, 0.6) is 5.75 Å². The molecule has 88 valence electrons. The number of benzene rings is 1. The molecule has 0 radical (unpaired) electrons. The SMILES string of the molecule is CC(O)c1ccccc1OC1CCCSC1. The molecule has 1 aromatic rings. The largest absolute Gasteiger partial charge is 0.489 e. The molecule has 0 saturated carbocycles. The lowest BCUT2D eigenvalue weighted by Gasteiger charge is -2.24. The minimum atomic E-state index is -0.465. The summed E-state index contributed by atoms with van der Waals surface area (Å²) >= 11 is 1.95. The molecule has 1 saturated heterocycles. The maximum Gasteiger partial charge on any atom is 0.125 e. The van der Waals surface area contributed by atoms with E-state index in [0.29, 0.717) is 6.10 Å². The van der Waals surface area contributed by atoms with Crippen molar-refractivity contribution in [1.82, 2.24) is 0 Å².